The number of amides is 1. The minimum atomic E-state index is -4.65. The van der Waals surface area contributed by atoms with Crippen molar-refractivity contribution in [3.05, 3.63) is 53.6 Å². The van der Waals surface area contributed by atoms with Crippen molar-refractivity contribution in [2.24, 2.45) is 0 Å². The summed E-state index contributed by atoms with van der Waals surface area (Å²) < 4.78 is 72.2. The fourth-order valence-corrected chi connectivity index (χ4v) is 5.36. The third-order valence-corrected chi connectivity index (χ3v) is 7.03. The molecular weight excluding hydrogens is 421 g/mol. The average molecular weight is 442 g/mol. The van der Waals surface area contributed by atoms with Crippen molar-refractivity contribution >= 4 is 21.6 Å². The fraction of sp³-hybridized carbons (Fsp3) is 0.350. The molecule has 2 aromatic rings. The standard InChI is InChI=1S/C20H21F3N2O4S/c1-13-9-10-14(29-2)12-18(13)30(27,28)25-11-5-8-17(25)19(26)24-16-7-4-3-6-15(16)20(21,22)23/h3-4,6-7,9-10,12,17H,5,8,11H2,1-2H3,(H,24,26)/t17-/m0/s1. The second-order valence-electron chi connectivity index (χ2n) is 6.94. The van der Waals surface area contributed by atoms with Gasteiger partial charge in [-0.25, -0.2) is 8.42 Å². The molecule has 1 aliphatic heterocycles. The first-order chi connectivity index (χ1) is 14.1. The van der Waals surface area contributed by atoms with Crippen molar-refractivity contribution < 1.29 is 31.1 Å². The second-order valence-corrected chi connectivity index (χ2v) is 8.80. The van der Waals surface area contributed by atoms with Gasteiger partial charge in [0.25, 0.3) is 0 Å². The van der Waals surface area contributed by atoms with Crippen LogP contribution in [0.2, 0.25) is 0 Å². The highest BCUT2D eigenvalue weighted by Crippen LogP contribution is 2.35. The van der Waals surface area contributed by atoms with Crippen molar-refractivity contribution in [3.8, 4) is 5.75 Å². The fourth-order valence-electron chi connectivity index (χ4n) is 3.46. The number of halogens is 3. The Hall–Kier alpha value is -2.59. The Morgan fingerprint density at radius 1 is 1.20 bits per heavy atom. The topological polar surface area (TPSA) is 75.7 Å². The highest BCUT2D eigenvalue weighted by atomic mass is 32.2. The lowest BCUT2D eigenvalue weighted by molar-refractivity contribution is -0.137. The molecule has 0 bridgehead atoms. The maximum atomic E-state index is 13.2. The van der Waals surface area contributed by atoms with Gasteiger partial charge in [0.2, 0.25) is 15.9 Å². The highest BCUT2D eigenvalue weighted by molar-refractivity contribution is 7.89. The van der Waals surface area contributed by atoms with Crippen LogP contribution in [0.3, 0.4) is 0 Å². The van der Waals surface area contributed by atoms with E-state index in [2.05, 4.69) is 5.32 Å². The Morgan fingerprint density at radius 2 is 1.90 bits per heavy atom. The number of carbonyl (C=O) groups is 1. The Morgan fingerprint density at radius 3 is 2.57 bits per heavy atom. The smallest absolute Gasteiger partial charge is 0.418 e. The molecule has 0 aromatic heterocycles. The summed E-state index contributed by atoms with van der Waals surface area (Å²) in [5.41, 5.74) is -0.921. The molecule has 3 rings (SSSR count). The number of methoxy groups -OCH3 is 1. The van der Waals surface area contributed by atoms with Crippen molar-refractivity contribution in [1.29, 1.82) is 0 Å². The highest BCUT2D eigenvalue weighted by Gasteiger charge is 2.41. The zero-order valence-electron chi connectivity index (χ0n) is 16.4. The molecule has 1 saturated heterocycles. The number of ether oxygens (including phenoxy) is 1. The van der Waals surface area contributed by atoms with E-state index in [-0.39, 0.29) is 17.9 Å². The first-order valence-electron chi connectivity index (χ1n) is 9.19. The number of para-hydroxylation sites is 1. The lowest BCUT2D eigenvalue weighted by atomic mass is 10.1. The monoisotopic (exact) mass is 442 g/mol. The molecule has 162 valence electrons. The van der Waals surface area contributed by atoms with E-state index in [0.29, 0.717) is 17.7 Å². The van der Waals surface area contributed by atoms with Crippen LogP contribution in [0, 0.1) is 6.92 Å². The minimum absolute atomic E-state index is 0.00255. The predicted molar refractivity (Wildman–Crippen MR) is 105 cm³/mol. The normalized spacial score (nSPS) is 17.7. The summed E-state index contributed by atoms with van der Waals surface area (Å²) in [5.74, 6) is -0.452. The van der Waals surface area contributed by atoms with Crippen LogP contribution in [0.25, 0.3) is 0 Å². The van der Waals surface area contributed by atoms with Crippen LogP contribution in [0.1, 0.15) is 24.0 Å². The van der Waals surface area contributed by atoms with E-state index in [0.717, 1.165) is 16.4 Å². The van der Waals surface area contributed by atoms with Gasteiger partial charge in [-0.05, 0) is 43.5 Å². The molecule has 1 fully saturated rings. The minimum Gasteiger partial charge on any atom is -0.497 e. The van der Waals surface area contributed by atoms with Gasteiger partial charge in [-0.15, -0.1) is 0 Å². The number of benzene rings is 2. The Balaban J connectivity index is 1.90. The number of nitrogens with one attached hydrogen (secondary N) is 1. The third-order valence-electron chi connectivity index (χ3n) is 4.98. The number of anilines is 1. The summed E-state index contributed by atoms with van der Waals surface area (Å²) in [6, 6.07) is 8.06. The summed E-state index contributed by atoms with van der Waals surface area (Å²) in [4.78, 5) is 12.8. The summed E-state index contributed by atoms with van der Waals surface area (Å²) in [7, 11) is -2.65. The van der Waals surface area contributed by atoms with Crippen LogP contribution in [-0.2, 0) is 21.0 Å². The maximum absolute atomic E-state index is 13.2. The summed E-state index contributed by atoms with van der Waals surface area (Å²) in [6.45, 7) is 1.72. The molecule has 1 amide bonds. The number of hydrogen-bond donors (Lipinski definition) is 1. The van der Waals surface area contributed by atoms with Crippen LogP contribution in [-0.4, -0.2) is 38.3 Å². The zero-order valence-corrected chi connectivity index (χ0v) is 17.2. The summed E-state index contributed by atoms with van der Waals surface area (Å²) in [5, 5.41) is 2.26. The number of rotatable bonds is 5. The molecule has 0 aliphatic carbocycles. The van der Waals surface area contributed by atoms with Crippen LogP contribution in [0.5, 0.6) is 5.75 Å². The Labute approximate surface area is 172 Å². The summed E-state index contributed by atoms with van der Waals surface area (Å²) >= 11 is 0. The van der Waals surface area contributed by atoms with Gasteiger partial charge in [-0.2, -0.15) is 17.5 Å². The Kier molecular flexibility index (Phi) is 6.09. The van der Waals surface area contributed by atoms with Gasteiger partial charge in [-0.1, -0.05) is 18.2 Å². The molecule has 1 atom stereocenters. The molecule has 30 heavy (non-hydrogen) atoms. The number of sulfonamides is 1. The first kappa shape index (κ1) is 22.1. The predicted octanol–water partition coefficient (Wildman–Crippen LogP) is 3.81. The summed E-state index contributed by atoms with van der Waals surface area (Å²) in [6.07, 6.45) is -4.02. The van der Waals surface area contributed by atoms with Crippen molar-refractivity contribution in [1.82, 2.24) is 4.31 Å². The first-order valence-corrected chi connectivity index (χ1v) is 10.6. The molecule has 10 heteroatoms. The second kappa shape index (κ2) is 8.27. The molecule has 0 spiro atoms. The molecular formula is C20H21F3N2O4S. The van der Waals surface area contributed by atoms with Crippen LogP contribution in [0.4, 0.5) is 18.9 Å². The van der Waals surface area contributed by atoms with E-state index in [1.165, 1.54) is 25.3 Å². The van der Waals surface area contributed by atoms with Crippen LogP contribution < -0.4 is 10.1 Å². The Bertz CT molecular complexity index is 1050. The zero-order chi connectivity index (χ0) is 22.1. The number of carbonyl (C=O) groups excluding carboxylic acids is 1. The van der Waals surface area contributed by atoms with Crippen molar-refractivity contribution in [3.63, 3.8) is 0 Å². The van der Waals surface area contributed by atoms with Gasteiger partial charge in [-0.3, -0.25) is 4.79 Å². The molecule has 6 nitrogen and oxygen atoms in total. The molecule has 1 aliphatic rings. The largest absolute Gasteiger partial charge is 0.497 e. The third kappa shape index (κ3) is 4.29. The van der Waals surface area contributed by atoms with Gasteiger partial charge in [0, 0.05) is 12.6 Å². The molecule has 0 unspecified atom stereocenters. The maximum Gasteiger partial charge on any atom is 0.418 e. The lowest BCUT2D eigenvalue weighted by Gasteiger charge is -2.25. The molecule has 1 heterocycles. The van der Waals surface area contributed by atoms with Gasteiger partial charge in [0.15, 0.2) is 0 Å². The van der Waals surface area contributed by atoms with E-state index in [9.17, 15) is 26.4 Å². The molecule has 1 N–H and O–H groups in total. The molecule has 0 radical (unpaired) electrons. The van der Waals surface area contributed by atoms with E-state index in [4.69, 9.17) is 4.74 Å². The SMILES string of the molecule is COc1ccc(C)c(S(=O)(=O)N2CCC[C@H]2C(=O)Nc2ccccc2C(F)(F)F)c1. The number of nitrogens with zero attached hydrogens (tertiary/aromatic N) is 1. The molecule has 2 aromatic carbocycles. The van der Waals surface area contributed by atoms with Gasteiger partial charge in [0.1, 0.15) is 11.8 Å². The quantitative estimate of drug-likeness (QED) is 0.764. The van der Waals surface area contributed by atoms with E-state index in [1.807, 2.05) is 0 Å². The van der Waals surface area contributed by atoms with E-state index in [1.54, 1.807) is 19.1 Å². The van der Waals surface area contributed by atoms with Gasteiger partial charge in [0.05, 0.1) is 23.3 Å². The van der Waals surface area contributed by atoms with Crippen molar-refractivity contribution in [2.75, 3.05) is 19.0 Å². The number of hydrogen-bond acceptors (Lipinski definition) is 4. The van der Waals surface area contributed by atoms with Gasteiger partial charge < -0.3 is 10.1 Å². The van der Waals surface area contributed by atoms with Gasteiger partial charge >= 0.3 is 6.18 Å². The average Bonchev–Trinajstić information content (AvgIpc) is 3.19. The number of aryl methyl sites for hydroxylation is 1. The molecule has 0 saturated carbocycles. The van der Waals surface area contributed by atoms with Crippen molar-refractivity contribution in [2.45, 2.75) is 36.9 Å². The lowest BCUT2D eigenvalue weighted by Crippen LogP contribution is -2.43. The van der Waals surface area contributed by atoms with Crippen LogP contribution in [0.15, 0.2) is 47.4 Å². The number of alkyl halides is 3. The van der Waals surface area contributed by atoms with Crippen LogP contribution >= 0.6 is 0 Å². The van der Waals surface area contributed by atoms with E-state index < -0.39 is 39.4 Å². The van der Waals surface area contributed by atoms with E-state index >= 15 is 0 Å².